The monoisotopic (exact) mass is 248 g/mol. The molecule has 0 N–H and O–H groups in total. The van der Waals surface area contributed by atoms with Gasteiger partial charge in [-0.1, -0.05) is 6.07 Å². The Morgan fingerprint density at radius 3 is 2.39 bits per heavy atom. The average molecular weight is 248 g/mol. The number of carbonyl (C=O) groups is 2. The van der Waals surface area contributed by atoms with Crippen LogP contribution < -0.4 is 4.74 Å². The summed E-state index contributed by atoms with van der Waals surface area (Å²) in [6, 6.07) is 3.84. The second-order valence-electron chi connectivity index (χ2n) is 4.64. The van der Waals surface area contributed by atoms with Crippen molar-refractivity contribution in [1.29, 1.82) is 0 Å². The number of benzene rings is 1. The van der Waals surface area contributed by atoms with E-state index in [0.717, 1.165) is 11.1 Å². The molecule has 0 radical (unpaired) electrons. The molecule has 0 spiro atoms. The Bertz CT molecular complexity index is 461. The fourth-order valence-corrected chi connectivity index (χ4v) is 2.06. The largest absolute Gasteiger partial charge is 0.496 e. The third kappa shape index (κ3) is 3.69. The van der Waals surface area contributed by atoms with Crippen LogP contribution in [0.15, 0.2) is 12.1 Å². The van der Waals surface area contributed by atoms with Crippen LogP contribution in [0.4, 0.5) is 0 Å². The molecule has 3 nitrogen and oxygen atoms in total. The van der Waals surface area contributed by atoms with Crippen LogP contribution in [-0.4, -0.2) is 18.7 Å². The highest BCUT2D eigenvalue weighted by atomic mass is 16.5. The smallest absolute Gasteiger partial charge is 0.166 e. The summed E-state index contributed by atoms with van der Waals surface area (Å²) in [6.45, 7) is 5.43. The second kappa shape index (κ2) is 6.34. The Labute approximate surface area is 108 Å². The van der Waals surface area contributed by atoms with Gasteiger partial charge in [0.2, 0.25) is 0 Å². The first-order chi connectivity index (χ1) is 8.45. The summed E-state index contributed by atoms with van der Waals surface area (Å²) in [4.78, 5) is 23.0. The molecule has 0 atom stereocenters. The summed E-state index contributed by atoms with van der Waals surface area (Å²) in [5, 5.41) is 0. The van der Waals surface area contributed by atoms with Crippen molar-refractivity contribution < 1.29 is 14.3 Å². The highest BCUT2D eigenvalue weighted by molar-refractivity contribution is 5.99. The number of ketones is 2. The van der Waals surface area contributed by atoms with Gasteiger partial charge in [0.05, 0.1) is 12.7 Å². The Morgan fingerprint density at radius 2 is 1.83 bits per heavy atom. The minimum atomic E-state index is 0.0416. The van der Waals surface area contributed by atoms with Crippen molar-refractivity contribution in [2.75, 3.05) is 7.11 Å². The van der Waals surface area contributed by atoms with Crippen LogP contribution in [0.1, 0.15) is 47.7 Å². The van der Waals surface area contributed by atoms with Gasteiger partial charge in [-0.3, -0.25) is 4.79 Å². The van der Waals surface area contributed by atoms with Crippen molar-refractivity contribution in [3.05, 3.63) is 28.8 Å². The Hall–Kier alpha value is -1.64. The molecule has 0 saturated carbocycles. The van der Waals surface area contributed by atoms with Crippen molar-refractivity contribution in [2.24, 2.45) is 0 Å². The Morgan fingerprint density at radius 1 is 1.17 bits per heavy atom. The first-order valence-electron chi connectivity index (χ1n) is 6.13. The zero-order valence-corrected chi connectivity index (χ0v) is 11.5. The predicted molar refractivity (Wildman–Crippen MR) is 71.3 cm³/mol. The van der Waals surface area contributed by atoms with Gasteiger partial charge in [-0.05, 0) is 44.4 Å². The summed E-state index contributed by atoms with van der Waals surface area (Å²) >= 11 is 0. The lowest BCUT2D eigenvalue weighted by Gasteiger charge is -2.11. The normalized spacial score (nSPS) is 10.2. The molecule has 0 aliphatic rings. The molecule has 0 amide bonds. The number of hydrogen-bond donors (Lipinski definition) is 0. The van der Waals surface area contributed by atoms with Gasteiger partial charge in [-0.2, -0.15) is 0 Å². The molecule has 0 aromatic heterocycles. The van der Waals surface area contributed by atoms with Gasteiger partial charge < -0.3 is 9.53 Å². The topological polar surface area (TPSA) is 43.4 Å². The quantitative estimate of drug-likeness (QED) is 0.726. The van der Waals surface area contributed by atoms with Gasteiger partial charge >= 0.3 is 0 Å². The van der Waals surface area contributed by atoms with Crippen molar-refractivity contribution in [3.8, 4) is 5.75 Å². The van der Waals surface area contributed by atoms with Crippen molar-refractivity contribution >= 4 is 11.6 Å². The summed E-state index contributed by atoms with van der Waals surface area (Å²) in [5.74, 6) is 0.809. The van der Waals surface area contributed by atoms with E-state index in [1.807, 2.05) is 26.0 Å². The first-order valence-corrected chi connectivity index (χ1v) is 6.13. The summed E-state index contributed by atoms with van der Waals surface area (Å²) < 4.78 is 5.29. The van der Waals surface area contributed by atoms with E-state index < -0.39 is 0 Å². The third-order valence-corrected chi connectivity index (χ3v) is 2.86. The maximum atomic E-state index is 12.1. The lowest BCUT2D eigenvalue weighted by molar-refractivity contribution is -0.117. The molecule has 0 saturated heterocycles. The summed E-state index contributed by atoms with van der Waals surface area (Å²) in [7, 11) is 1.57. The second-order valence-corrected chi connectivity index (χ2v) is 4.64. The number of carbonyl (C=O) groups excluding carboxylic acids is 2. The van der Waals surface area contributed by atoms with Gasteiger partial charge in [0.1, 0.15) is 11.5 Å². The van der Waals surface area contributed by atoms with Crippen LogP contribution in [0.3, 0.4) is 0 Å². The minimum absolute atomic E-state index is 0.0416. The highest BCUT2D eigenvalue weighted by Crippen LogP contribution is 2.26. The zero-order chi connectivity index (χ0) is 13.7. The van der Waals surface area contributed by atoms with Crippen LogP contribution >= 0.6 is 0 Å². The molecular formula is C15H20O3. The fourth-order valence-electron chi connectivity index (χ4n) is 2.06. The number of methoxy groups -OCH3 is 1. The van der Waals surface area contributed by atoms with Crippen LogP contribution in [0.5, 0.6) is 5.75 Å². The fraction of sp³-hybridized carbons (Fsp3) is 0.467. The van der Waals surface area contributed by atoms with Crippen molar-refractivity contribution in [1.82, 2.24) is 0 Å². The van der Waals surface area contributed by atoms with E-state index in [1.165, 1.54) is 0 Å². The zero-order valence-electron chi connectivity index (χ0n) is 11.5. The molecule has 1 rings (SSSR count). The van der Waals surface area contributed by atoms with Gasteiger partial charge in [-0.25, -0.2) is 0 Å². The molecule has 0 aliphatic heterocycles. The Balaban J connectivity index is 2.87. The molecule has 0 aliphatic carbocycles. The lowest BCUT2D eigenvalue weighted by Crippen LogP contribution is -2.05. The molecule has 98 valence electrons. The maximum Gasteiger partial charge on any atom is 0.166 e. The average Bonchev–Trinajstić information content (AvgIpc) is 2.27. The SMILES string of the molecule is COc1c(C)cc(C)cc1C(=O)CCCC(C)=O. The van der Waals surface area contributed by atoms with Gasteiger partial charge in [0.15, 0.2) is 5.78 Å². The number of aryl methyl sites for hydroxylation is 2. The summed E-state index contributed by atoms with van der Waals surface area (Å²) in [5.41, 5.74) is 2.63. The van der Waals surface area contributed by atoms with E-state index in [2.05, 4.69) is 0 Å². The minimum Gasteiger partial charge on any atom is -0.496 e. The van der Waals surface area contributed by atoms with Gasteiger partial charge in [-0.15, -0.1) is 0 Å². The lowest BCUT2D eigenvalue weighted by atomic mass is 9.99. The van der Waals surface area contributed by atoms with Crippen molar-refractivity contribution in [3.63, 3.8) is 0 Å². The first kappa shape index (κ1) is 14.4. The van der Waals surface area contributed by atoms with E-state index in [1.54, 1.807) is 14.0 Å². The molecule has 3 heteroatoms. The molecule has 1 aromatic rings. The van der Waals surface area contributed by atoms with E-state index in [4.69, 9.17) is 4.74 Å². The molecule has 1 aromatic carbocycles. The van der Waals surface area contributed by atoms with E-state index >= 15 is 0 Å². The van der Waals surface area contributed by atoms with E-state index in [9.17, 15) is 9.59 Å². The third-order valence-electron chi connectivity index (χ3n) is 2.86. The van der Waals surface area contributed by atoms with Crippen LogP contribution in [0.25, 0.3) is 0 Å². The number of ether oxygens (including phenoxy) is 1. The maximum absolute atomic E-state index is 12.1. The molecule has 0 heterocycles. The molecule has 0 unspecified atom stereocenters. The van der Waals surface area contributed by atoms with Gasteiger partial charge in [0.25, 0.3) is 0 Å². The number of rotatable bonds is 6. The van der Waals surface area contributed by atoms with Crippen LogP contribution in [-0.2, 0) is 4.79 Å². The standard InChI is InChI=1S/C15H20O3/c1-10-8-11(2)15(18-4)13(9-10)14(17)7-5-6-12(3)16/h8-9H,5-7H2,1-4H3. The highest BCUT2D eigenvalue weighted by Gasteiger charge is 2.14. The molecule has 0 fully saturated rings. The van der Waals surface area contributed by atoms with E-state index in [0.29, 0.717) is 30.6 Å². The molecular weight excluding hydrogens is 228 g/mol. The van der Waals surface area contributed by atoms with Crippen LogP contribution in [0, 0.1) is 13.8 Å². The molecule has 18 heavy (non-hydrogen) atoms. The van der Waals surface area contributed by atoms with Gasteiger partial charge in [0, 0.05) is 12.8 Å². The molecule has 0 bridgehead atoms. The number of hydrogen-bond acceptors (Lipinski definition) is 3. The van der Waals surface area contributed by atoms with Crippen LogP contribution in [0.2, 0.25) is 0 Å². The number of Topliss-reactive ketones (excluding diaryl/α,β-unsaturated/α-hetero) is 2. The van der Waals surface area contributed by atoms with Crippen molar-refractivity contribution in [2.45, 2.75) is 40.0 Å². The predicted octanol–water partition coefficient (Wildman–Crippen LogP) is 3.25. The summed E-state index contributed by atoms with van der Waals surface area (Å²) in [6.07, 6.45) is 1.45. The van der Waals surface area contributed by atoms with E-state index in [-0.39, 0.29) is 11.6 Å². The Kier molecular flexibility index (Phi) is 5.08.